The van der Waals surface area contributed by atoms with E-state index >= 15 is 0 Å². The van der Waals surface area contributed by atoms with Crippen LogP contribution in [-0.2, 0) is 4.79 Å². The number of thiophene rings is 1. The third-order valence-corrected chi connectivity index (χ3v) is 7.46. The average Bonchev–Trinajstić information content (AvgIpc) is 3.41. The summed E-state index contributed by atoms with van der Waals surface area (Å²) in [5.41, 5.74) is 1.32. The van der Waals surface area contributed by atoms with Gasteiger partial charge in [0, 0.05) is 24.0 Å². The number of thioether (sulfide) groups is 1. The van der Waals surface area contributed by atoms with E-state index in [-0.39, 0.29) is 17.2 Å². The number of carbonyl (C=O) groups is 1. The highest BCUT2D eigenvalue weighted by Crippen LogP contribution is 2.33. The van der Waals surface area contributed by atoms with Crippen LogP contribution in [0.5, 0.6) is 0 Å². The molecule has 0 atom stereocenters. The lowest BCUT2D eigenvalue weighted by atomic mass is 10.2. The second kappa shape index (κ2) is 9.34. The van der Waals surface area contributed by atoms with Gasteiger partial charge in [-0.05, 0) is 37.1 Å². The number of aromatic nitrogens is 2. The quantitative estimate of drug-likeness (QED) is 0.299. The Morgan fingerprint density at radius 1 is 1.06 bits per heavy atom. The molecular weight excluding hydrogens is 442 g/mol. The van der Waals surface area contributed by atoms with E-state index in [2.05, 4.69) is 0 Å². The molecule has 1 fully saturated rings. The van der Waals surface area contributed by atoms with Gasteiger partial charge in [0.2, 0.25) is 5.91 Å². The molecule has 6 nitrogen and oxygen atoms in total. The third kappa shape index (κ3) is 4.12. The third-order valence-electron chi connectivity index (χ3n) is 5.66. The lowest BCUT2D eigenvalue weighted by Crippen LogP contribution is -2.33. The monoisotopic (exact) mass is 465 g/mol. The molecule has 0 unspecified atom stereocenters. The Bertz CT molecular complexity index is 1270. The molecule has 1 aliphatic rings. The minimum absolute atomic E-state index is 0.105. The van der Waals surface area contributed by atoms with Crippen molar-refractivity contribution in [2.24, 2.45) is 0 Å². The van der Waals surface area contributed by atoms with Gasteiger partial charge in [0.1, 0.15) is 10.6 Å². The van der Waals surface area contributed by atoms with E-state index < -0.39 is 0 Å². The van der Waals surface area contributed by atoms with Crippen molar-refractivity contribution >= 4 is 39.2 Å². The highest BCUT2D eigenvalue weighted by molar-refractivity contribution is 7.99. The molecule has 1 aromatic carbocycles. The minimum atomic E-state index is -0.154. The largest absolute Gasteiger partial charge is 0.464 e. The van der Waals surface area contributed by atoms with Gasteiger partial charge in [0.05, 0.1) is 23.1 Å². The van der Waals surface area contributed by atoms with Crippen molar-refractivity contribution in [1.82, 2.24) is 14.5 Å². The Hall–Kier alpha value is -2.84. The van der Waals surface area contributed by atoms with E-state index in [1.54, 1.807) is 16.9 Å². The molecule has 5 rings (SSSR count). The number of amides is 1. The van der Waals surface area contributed by atoms with E-state index in [1.165, 1.54) is 35.9 Å². The van der Waals surface area contributed by atoms with Crippen LogP contribution < -0.4 is 5.56 Å². The van der Waals surface area contributed by atoms with Crippen molar-refractivity contribution in [3.8, 4) is 17.0 Å². The van der Waals surface area contributed by atoms with Gasteiger partial charge < -0.3 is 9.32 Å². The summed E-state index contributed by atoms with van der Waals surface area (Å²) in [6, 6.07) is 13.1. The minimum Gasteiger partial charge on any atom is -0.464 e. The fourth-order valence-electron chi connectivity index (χ4n) is 4.02. The Labute approximate surface area is 193 Å². The summed E-state index contributed by atoms with van der Waals surface area (Å²) >= 11 is 2.75. The normalized spacial score (nSPS) is 14.6. The van der Waals surface area contributed by atoms with Crippen LogP contribution in [-0.4, -0.2) is 39.2 Å². The molecular formula is C24H23N3O3S2. The number of para-hydroxylation sites is 1. The molecule has 4 heterocycles. The summed E-state index contributed by atoms with van der Waals surface area (Å²) in [6.45, 7) is 1.63. The van der Waals surface area contributed by atoms with Gasteiger partial charge in [0.15, 0.2) is 5.16 Å². The lowest BCUT2D eigenvalue weighted by molar-refractivity contribution is -0.128. The number of rotatable bonds is 5. The lowest BCUT2D eigenvalue weighted by Gasteiger charge is -2.20. The van der Waals surface area contributed by atoms with Crippen molar-refractivity contribution in [2.75, 3.05) is 18.8 Å². The SMILES string of the molecule is O=C(CSc1nc2scc(-c3ccco3)c2c(=O)n1-c1ccccc1)N1CCCCCC1. The summed E-state index contributed by atoms with van der Waals surface area (Å²) < 4.78 is 7.16. The Balaban J connectivity index is 1.54. The smallest absolute Gasteiger partial charge is 0.268 e. The van der Waals surface area contributed by atoms with E-state index in [4.69, 9.17) is 9.40 Å². The fraction of sp³-hybridized carbons (Fsp3) is 0.292. The number of likely N-dealkylation sites (tertiary alicyclic amines) is 1. The van der Waals surface area contributed by atoms with E-state index in [0.717, 1.165) is 37.2 Å². The number of hydrogen-bond acceptors (Lipinski definition) is 6. The molecule has 1 saturated heterocycles. The Kier molecular flexibility index (Phi) is 6.14. The Morgan fingerprint density at radius 2 is 1.84 bits per heavy atom. The van der Waals surface area contributed by atoms with Gasteiger partial charge in [0.25, 0.3) is 5.56 Å². The average molecular weight is 466 g/mol. The van der Waals surface area contributed by atoms with Crippen LogP contribution in [0.4, 0.5) is 0 Å². The van der Waals surface area contributed by atoms with Gasteiger partial charge in [-0.1, -0.05) is 42.8 Å². The van der Waals surface area contributed by atoms with Crippen LogP contribution in [0.2, 0.25) is 0 Å². The standard InChI is InChI=1S/C24H23N3O3S2/c28-20(26-12-6-1-2-7-13-26)16-32-24-25-22-21(18(15-31-22)19-11-8-14-30-19)23(29)27(24)17-9-4-3-5-10-17/h3-5,8-11,14-15H,1-2,6-7,12-13,16H2. The predicted octanol–water partition coefficient (Wildman–Crippen LogP) is 5.20. The van der Waals surface area contributed by atoms with Crippen LogP contribution in [0.25, 0.3) is 27.2 Å². The molecule has 3 aromatic heterocycles. The molecule has 0 saturated carbocycles. The van der Waals surface area contributed by atoms with Gasteiger partial charge in [-0.25, -0.2) is 4.98 Å². The maximum atomic E-state index is 13.7. The highest BCUT2D eigenvalue weighted by atomic mass is 32.2. The molecule has 0 bridgehead atoms. The summed E-state index contributed by atoms with van der Waals surface area (Å²) in [4.78, 5) is 34.0. The van der Waals surface area contributed by atoms with Gasteiger partial charge in [-0.2, -0.15) is 0 Å². The van der Waals surface area contributed by atoms with Crippen LogP contribution >= 0.6 is 23.1 Å². The van der Waals surface area contributed by atoms with Crippen LogP contribution in [0.1, 0.15) is 25.7 Å². The van der Waals surface area contributed by atoms with Crippen LogP contribution in [0.3, 0.4) is 0 Å². The maximum absolute atomic E-state index is 13.7. The van der Waals surface area contributed by atoms with Crippen molar-refractivity contribution in [1.29, 1.82) is 0 Å². The zero-order chi connectivity index (χ0) is 21.9. The van der Waals surface area contributed by atoms with E-state index in [1.807, 2.05) is 46.7 Å². The summed E-state index contributed by atoms with van der Waals surface area (Å²) in [5, 5.41) is 2.98. The number of hydrogen-bond donors (Lipinski definition) is 0. The second-order valence-corrected chi connectivity index (χ2v) is 9.56. The molecule has 1 aliphatic heterocycles. The van der Waals surface area contributed by atoms with Crippen molar-refractivity contribution < 1.29 is 9.21 Å². The number of fused-ring (bicyclic) bond motifs is 1. The molecule has 0 N–H and O–H groups in total. The first-order valence-electron chi connectivity index (χ1n) is 10.8. The van der Waals surface area contributed by atoms with Crippen molar-refractivity contribution in [3.05, 3.63) is 64.5 Å². The van der Waals surface area contributed by atoms with Gasteiger partial charge >= 0.3 is 0 Å². The van der Waals surface area contributed by atoms with Crippen LogP contribution in [0, 0.1) is 0 Å². The predicted molar refractivity (Wildman–Crippen MR) is 129 cm³/mol. The first kappa shape index (κ1) is 21.0. The highest BCUT2D eigenvalue weighted by Gasteiger charge is 2.21. The molecule has 0 aliphatic carbocycles. The number of nitrogens with zero attached hydrogens (tertiary/aromatic N) is 3. The molecule has 0 radical (unpaired) electrons. The summed E-state index contributed by atoms with van der Waals surface area (Å²) in [6.07, 6.45) is 6.07. The molecule has 4 aromatic rings. The number of benzene rings is 1. The van der Waals surface area contributed by atoms with E-state index in [9.17, 15) is 9.59 Å². The number of furan rings is 1. The van der Waals surface area contributed by atoms with Gasteiger partial charge in [-0.15, -0.1) is 11.3 Å². The molecule has 164 valence electrons. The fourth-order valence-corrected chi connectivity index (χ4v) is 5.91. The van der Waals surface area contributed by atoms with Gasteiger partial charge in [-0.3, -0.25) is 14.2 Å². The molecule has 32 heavy (non-hydrogen) atoms. The zero-order valence-electron chi connectivity index (χ0n) is 17.5. The summed E-state index contributed by atoms with van der Waals surface area (Å²) in [5.74, 6) is 1.01. The first-order chi connectivity index (χ1) is 15.7. The van der Waals surface area contributed by atoms with Crippen molar-refractivity contribution in [3.63, 3.8) is 0 Å². The van der Waals surface area contributed by atoms with E-state index in [0.29, 0.717) is 21.1 Å². The topological polar surface area (TPSA) is 68.3 Å². The van der Waals surface area contributed by atoms with Crippen molar-refractivity contribution in [2.45, 2.75) is 30.8 Å². The summed E-state index contributed by atoms with van der Waals surface area (Å²) in [7, 11) is 0. The molecule has 0 spiro atoms. The zero-order valence-corrected chi connectivity index (χ0v) is 19.2. The molecule has 8 heteroatoms. The van der Waals surface area contributed by atoms with Crippen LogP contribution in [0.15, 0.2) is 68.5 Å². The second-order valence-electron chi connectivity index (χ2n) is 7.76. The molecule has 1 amide bonds. The Morgan fingerprint density at radius 3 is 2.56 bits per heavy atom. The number of carbonyl (C=O) groups excluding carboxylic acids is 1. The first-order valence-corrected chi connectivity index (χ1v) is 12.6. The maximum Gasteiger partial charge on any atom is 0.268 e.